The first kappa shape index (κ1) is 23.5. The van der Waals surface area contributed by atoms with Gasteiger partial charge in [0, 0.05) is 24.2 Å². The second-order valence-corrected chi connectivity index (χ2v) is 8.58. The summed E-state index contributed by atoms with van der Waals surface area (Å²) in [4.78, 5) is 4.85. The summed E-state index contributed by atoms with van der Waals surface area (Å²) in [5.74, 6) is 2.58. The van der Waals surface area contributed by atoms with Crippen molar-refractivity contribution in [2.45, 2.75) is 57.2 Å². The first-order valence-electron chi connectivity index (χ1n) is 11.5. The standard InChI is InChI=1S/C25H30N6O.HI/c1-2-26-24(27-17-23-30-28-18-31(23)19-10-4-3-5-11-19)29-21-16-25(14-8-9-15-25)32-22-13-7-6-12-20(21)22;/h3-7,10-13,18,21H,2,8-9,14-17H2,1H3,(H2,26,27,29);1H. The van der Waals surface area contributed by atoms with E-state index in [2.05, 4.69) is 52.0 Å². The molecule has 0 saturated heterocycles. The molecule has 33 heavy (non-hydrogen) atoms. The van der Waals surface area contributed by atoms with Crippen LogP contribution in [-0.2, 0) is 6.54 Å². The Morgan fingerprint density at radius 3 is 2.67 bits per heavy atom. The fourth-order valence-corrected chi connectivity index (χ4v) is 4.88. The number of nitrogens with one attached hydrogen (secondary N) is 2. The van der Waals surface area contributed by atoms with Crippen LogP contribution in [0, 0.1) is 0 Å². The fourth-order valence-electron chi connectivity index (χ4n) is 4.88. The number of fused-ring (bicyclic) bond motifs is 1. The normalized spacial score (nSPS) is 18.8. The van der Waals surface area contributed by atoms with Gasteiger partial charge in [-0.15, -0.1) is 34.2 Å². The molecule has 0 bridgehead atoms. The van der Waals surface area contributed by atoms with Crippen molar-refractivity contribution in [2.75, 3.05) is 6.54 Å². The van der Waals surface area contributed by atoms with Gasteiger partial charge >= 0.3 is 0 Å². The minimum absolute atomic E-state index is 0. The minimum Gasteiger partial charge on any atom is -0.487 e. The Bertz CT molecular complexity index is 1080. The number of hydrogen-bond acceptors (Lipinski definition) is 4. The van der Waals surface area contributed by atoms with Crippen molar-refractivity contribution in [1.29, 1.82) is 0 Å². The summed E-state index contributed by atoms with van der Waals surface area (Å²) in [6, 6.07) is 18.6. The molecule has 2 aromatic carbocycles. The van der Waals surface area contributed by atoms with Gasteiger partial charge in [0.2, 0.25) is 0 Å². The summed E-state index contributed by atoms with van der Waals surface area (Å²) in [5, 5.41) is 15.5. The summed E-state index contributed by atoms with van der Waals surface area (Å²) < 4.78 is 8.49. The molecule has 8 heteroatoms. The topological polar surface area (TPSA) is 76.4 Å². The van der Waals surface area contributed by atoms with Crippen molar-refractivity contribution in [1.82, 2.24) is 25.4 Å². The van der Waals surface area contributed by atoms with Crippen molar-refractivity contribution in [2.24, 2.45) is 4.99 Å². The highest BCUT2D eigenvalue weighted by molar-refractivity contribution is 14.0. The largest absolute Gasteiger partial charge is 0.487 e. The van der Waals surface area contributed by atoms with E-state index >= 15 is 0 Å². The summed E-state index contributed by atoms with van der Waals surface area (Å²) in [6.45, 7) is 3.30. The lowest BCUT2D eigenvalue weighted by Gasteiger charge is -2.40. The van der Waals surface area contributed by atoms with E-state index in [0.717, 1.165) is 49.0 Å². The first-order chi connectivity index (χ1) is 15.8. The molecule has 7 nitrogen and oxygen atoms in total. The van der Waals surface area contributed by atoms with E-state index in [9.17, 15) is 0 Å². The molecule has 0 radical (unpaired) electrons. The van der Waals surface area contributed by atoms with Crippen molar-refractivity contribution < 1.29 is 4.74 Å². The maximum atomic E-state index is 6.51. The zero-order valence-corrected chi connectivity index (χ0v) is 21.2. The summed E-state index contributed by atoms with van der Waals surface area (Å²) in [6.07, 6.45) is 7.39. The molecule has 5 rings (SSSR count). The molecule has 2 heterocycles. The van der Waals surface area contributed by atoms with Gasteiger partial charge in [-0.2, -0.15) is 0 Å². The minimum atomic E-state index is -0.0587. The lowest BCUT2D eigenvalue weighted by molar-refractivity contribution is 0.0396. The van der Waals surface area contributed by atoms with E-state index in [1.54, 1.807) is 6.33 Å². The highest BCUT2D eigenvalue weighted by Crippen LogP contribution is 2.46. The molecule has 1 spiro atoms. The van der Waals surface area contributed by atoms with Gasteiger partial charge in [-0.3, -0.25) is 4.57 Å². The van der Waals surface area contributed by atoms with Crippen LogP contribution in [0.15, 0.2) is 65.9 Å². The van der Waals surface area contributed by atoms with Crippen LogP contribution in [0.5, 0.6) is 5.75 Å². The predicted molar refractivity (Wildman–Crippen MR) is 140 cm³/mol. The Morgan fingerprint density at radius 2 is 1.88 bits per heavy atom. The third kappa shape index (κ3) is 5.15. The third-order valence-electron chi connectivity index (χ3n) is 6.40. The van der Waals surface area contributed by atoms with Gasteiger partial charge < -0.3 is 15.4 Å². The van der Waals surface area contributed by atoms with Crippen molar-refractivity contribution >= 4 is 29.9 Å². The highest BCUT2D eigenvalue weighted by atomic mass is 127. The second kappa shape index (κ2) is 10.5. The number of para-hydroxylation sites is 2. The van der Waals surface area contributed by atoms with Crippen LogP contribution < -0.4 is 15.4 Å². The quantitative estimate of drug-likeness (QED) is 0.268. The molecule has 2 aliphatic rings. The molecule has 1 aliphatic carbocycles. The van der Waals surface area contributed by atoms with Gasteiger partial charge in [-0.1, -0.05) is 36.4 Å². The predicted octanol–water partition coefficient (Wildman–Crippen LogP) is 4.78. The van der Waals surface area contributed by atoms with E-state index in [0.29, 0.717) is 6.54 Å². The second-order valence-electron chi connectivity index (χ2n) is 8.58. The number of guanidine groups is 1. The monoisotopic (exact) mass is 558 g/mol. The molecule has 1 aliphatic heterocycles. The van der Waals surface area contributed by atoms with E-state index in [1.807, 2.05) is 34.9 Å². The maximum absolute atomic E-state index is 6.51. The third-order valence-corrected chi connectivity index (χ3v) is 6.40. The van der Waals surface area contributed by atoms with E-state index in [-0.39, 0.29) is 35.6 Å². The number of halogens is 1. The number of ether oxygens (including phenoxy) is 1. The van der Waals surface area contributed by atoms with Crippen LogP contribution >= 0.6 is 24.0 Å². The number of aromatic nitrogens is 3. The maximum Gasteiger partial charge on any atom is 0.192 e. The number of rotatable bonds is 5. The zero-order chi connectivity index (χ0) is 21.8. The molecular weight excluding hydrogens is 527 g/mol. The van der Waals surface area contributed by atoms with E-state index in [4.69, 9.17) is 9.73 Å². The average molecular weight is 558 g/mol. The Kier molecular flexibility index (Phi) is 7.52. The SMILES string of the molecule is CCNC(=NCc1nncn1-c1ccccc1)NC1CC2(CCCC2)Oc2ccccc21.I. The zero-order valence-electron chi connectivity index (χ0n) is 18.9. The van der Waals surface area contributed by atoms with Crippen LogP contribution in [0.3, 0.4) is 0 Å². The first-order valence-corrected chi connectivity index (χ1v) is 11.5. The van der Waals surface area contributed by atoms with Crippen molar-refractivity contribution in [3.05, 3.63) is 72.3 Å². The molecule has 2 N–H and O–H groups in total. The van der Waals surface area contributed by atoms with Crippen molar-refractivity contribution in [3.63, 3.8) is 0 Å². The van der Waals surface area contributed by atoms with Crippen LogP contribution in [0.1, 0.15) is 56.5 Å². The molecular formula is C25H31IN6O. The van der Waals surface area contributed by atoms with Gasteiger partial charge in [0.15, 0.2) is 11.8 Å². The van der Waals surface area contributed by atoms with E-state index < -0.39 is 0 Å². The van der Waals surface area contributed by atoms with Gasteiger partial charge in [0.05, 0.1) is 6.04 Å². The Balaban J connectivity index is 0.00000259. The molecule has 0 amide bonds. The van der Waals surface area contributed by atoms with Gasteiger partial charge in [-0.25, -0.2) is 4.99 Å². The molecule has 1 saturated carbocycles. The van der Waals surface area contributed by atoms with Crippen LogP contribution in [-0.4, -0.2) is 32.9 Å². The molecule has 1 aromatic heterocycles. The lowest BCUT2D eigenvalue weighted by atomic mass is 9.86. The molecule has 1 fully saturated rings. The molecule has 1 unspecified atom stereocenters. The van der Waals surface area contributed by atoms with Crippen LogP contribution in [0.2, 0.25) is 0 Å². The van der Waals surface area contributed by atoms with Gasteiger partial charge in [0.1, 0.15) is 24.2 Å². The smallest absolute Gasteiger partial charge is 0.192 e. The van der Waals surface area contributed by atoms with Gasteiger partial charge in [0.25, 0.3) is 0 Å². The summed E-state index contributed by atoms with van der Waals surface area (Å²) >= 11 is 0. The Labute approximate surface area is 212 Å². The summed E-state index contributed by atoms with van der Waals surface area (Å²) in [5.41, 5.74) is 2.17. The molecule has 174 valence electrons. The van der Waals surface area contributed by atoms with Crippen LogP contribution in [0.4, 0.5) is 0 Å². The Morgan fingerprint density at radius 1 is 1.12 bits per heavy atom. The number of aliphatic imine (C=N–C) groups is 1. The van der Waals surface area contributed by atoms with Gasteiger partial charge in [-0.05, 0) is 50.8 Å². The highest BCUT2D eigenvalue weighted by Gasteiger charge is 2.43. The van der Waals surface area contributed by atoms with E-state index in [1.165, 1.54) is 18.4 Å². The lowest BCUT2D eigenvalue weighted by Crippen LogP contribution is -2.46. The number of nitrogens with zero attached hydrogens (tertiary/aromatic N) is 4. The Hall–Kier alpha value is -2.62. The van der Waals surface area contributed by atoms with Crippen LogP contribution in [0.25, 0.3) is 5.69 Å². The van der Waals surface area contributed by atoms with Crippen molar-refractivity contribution in [3.8, 4) is 11.4 Å². The fraction of sp³-hybridized carbons (Fsp3) is 0.400. The molecule has 1 atom stereocenters. The number of hydrogen-bond donors (Lipinski definition) is 2. The average Bonchev–Trinajstić information content (AvgIpc) is 3.48. The summed E-state index contributed by atoms with van der Waals surface area (Å²) in [7, 11) is 0. The number of benzene rings is 2. The molecule has 3 aromatic rings.